The fraction of sp³-hybridized carbons (Fsp3) is 0.304. The number of likely N-dealkylation sites (tertiary alicyclic amines) is 1. The van der Waals surface area contributed by atoms with Crippen molar-refractivity contribution in [1.82, 2.24) is 9.47 Å². The molecule has 1 aliphatic rings. The van der Waals surface area contributed by atoms with E-state index in [2.05, 4.69) is 0 Å². The largest absolute Gasteiger partial charge is 0.497 e. The molecule has 1 amide bonds. The summed E-state index contributed by atoms with van der Waals surface area (Å²) in [6, 6.07) is 8.46. The number of aliphatic hydroxyl groups is 1. The van der Waals surface area contributed by atoms with Gasteiger partial charge in [-0.3, -0.25) is 9.59 Å². The van der Waals surface area contributed by atoms with Crippen molar-refractivity contribution in [3.8, 4) is 5.75 Å². The van der Waals surface area contributed by atoms with Crippen LogP contribution in [0, 0.1) is 11.6 Å². The summed E-state index contributed by atoms with van der Waals surface area (Å²) in [4.78, 5) is 27.6. The third kappa shape index (κ3) is 3.79. The highest BCUT2D eigenvalue weighted by atomic mass is 19.1. The van der Waals surface area contributed by atoms with Crippen molar-refractivity contribution < 1.29 is 23.4 Å². The number of benzene rings is 2. The van der Waals surface area contributed by atoms with E-state index in [-0.39, 0.29) is 24.2 Å². The molecule has 0 unspecified atom stereocenters. The number of ether oxygens (including phenoxy) is 1. The molecule has 0 saturated carbocycles. The van der Waals surface area contributed by atoms with Gasteiger partial charge in [-0.1, -0.05) is 12.1 Å². The summed E-state index contributed by atoms with van der Waals surface area (Å²) >= 11 is 0. The van der Waals surface area contributed by atoms with Crippen molar-refractivity contribution in [3.63, 3.8) is 0 Å². The lowest BCUT2D eigenvalue weighted by atomic mass is 10.1. The molecule has 1 N–H and O–H groups in total. The van der Waals surface area contributed by atoms with Gasteiger partial charge < -0.3 is 19.3 Å². The van der Waals surface area contributed by atoms with Gasteiger partial charge in [-0.15, -0.1) is 0 Å². The number of amides is 1. The molecule has 2 aromatic carbocycles. The maximum absolute atomic E-state index is 14.7. The Morgan fingerprint density at radius 1 is 1.16 bits per heavy atom. The minimum Gasteiger partial charge on any atom is -0.497 e. The summed E-state index contributed by atoms with van der Waals surface area (Å²) in [6.45, 7) is 0.291. The van der Waals surface area contributed by atoms with E-state index in [1.807, 2.05) is 0 Å². The first-order valence-corrected chi connectivity index (χ1v) is 10.0. The van der Waals surface area contributed by atoms with Crippen LogP contribution in [0.1, 0.15) is 28.8 Å². The van der Waals surface area contributed by atoms with Crippen molar-refractivity contribution in [2.75, 3.05) is 20.3 Å². The monoisotopic (exact) mass is 428 g/mol. The molecule has 31 heavy (non-hydrogen) atoms. The van der Waals surface area contributed by atoms with Gasteiger partial charge >= 0.3 is 0 Å². The molecule has 1 aliphatic heterocycles. The Hall–Kier alpha value is -3.26. The fourth-order valence-electron chi connectivity index (χ4n) is 4.10. The summed E-state index contributed by atoms with van der Waals surface area (Å²) in [5, 5.41) is 9.09. The first-order valence-electron chi connectivity index (χ1n) is 10.0. The Morgan fingerprint density at radius 3 is 2.55 bits per heavy atom. The summed E-state index contributed by atoms with van der Waals surface area (Å²) in [5.74, 6) is -1.59. The van der Waals surface area contributed by atoms with Crippen molar-refractivity contribution in [3.05, 3.63) is 75.6 Å². The predicted octanol–water partition coefficient (Wildman–Crippen LogP) is 2.93. The van der Waals surface area contributed by atoms with E-state index in [4.69, 9.17) is 4.74 Å². The lowest BCUT2D eigenvalue weighted by molar-refractivity contribution is 0.0675. The lowest BCUT2D eigenvalue weighted by Crippen LogP contribution is -2.40. The van der Waals surface area contributed by atoms with Crippen LogP contribution in [0.4, 0.5) is 8.78 Å². The number of aromatic nitrogens is 1. The van der Waals surface area contributed by atoms with Gasteiger partial charge in [0, 0.05) is 19.3 Å². The minimum atomic E-state index is -0.889. The number of nitrogens with zero attached hydrogens (tertiary/aromatic N) is 2. The average Bonchev–Trinajstić information content (AvgIpc) is 3.26. The van der Waals surface area contributed by atoms with E-state index in [0.717, 1.165) is 17.7 Å². The highest BCUT2D eigenvalue weighted by Gasteiger charge is 2.31. The normalized spacial score (nSPS) is 16.1. The van der Waals surface area contributed by atoms with Gasteiger partial charge in [-0.05, 0) is 42.7 Å². The third-order valence-electron chi connectivity index (χ3n) is 5.71. The molecule has 1 fully saturated rings. The Balaban J connectivity index is 1.87. The van der Waals surface area contributed by atoms with Gasteiger partial charge in [0.15, 0.2) is 0 Å². The third-order valence-corrected chi connectivity index (χ3v) is 5.71. The number of hydrogen-bond acceptors (Lipinski definition) is 4. The number of halogens is 2. The number of carbonyl (C=O) groups is 1. The average molecular weight is 428 g/mol. The molecule has 2 heterocycles. The van der Waals surface area contributed by atoms with Crippen molar-refractivity contribution in [1.29, 1.82) is 0 Å². The Bertz CT molecular complexity index is 1190. The van der Waals surface area contributed by atoms with Gasteiger partial charge in [-0.2, -0.15) is 0 Å². The zero-order valence-electron chi connectivity index (χ0n) is 17.0. The molecular weight excluding hydrogens is 406 g/mol. The zero-order chi connectivity index (χ0) is 22.1. The molecule has 1 aromatic heterocycles. The fourth-order valence-corrected chi connectivity index (χ4v) is 4.10. The SMILES string of the molecule is COc1ccc(Cn2cc(C(=O)N3CCC[C@@H]3CO)c(=O)c3c(F)ccc(F)c32)cc1. The molecule has 0 spiro atoms. The molecule has 0 aliphatic carbocycles. The molecule has 0 bridgehead atoms. The molecule has 1 atom stereocenters. The molecule has 6 nitrogen and oxygen atoms in total. The van der Waals surface area contributed by atoms with Crippen LogP contribution in [0.3, 0.4) is 0 Å². The van der Waals surface area contributed by atoms with Crippen molar-refractivity contribution in [2.45, 2.75) is 25.4 Å². The second-order valence-electron chi connectivity index (χ2n) is 7.58. The maximum atomic E-state index is 14.7. The van der Waals surface area contributed by atoms with Crippen LogP contribution in [-0.2, 0) is 6.54 Å². The van der Waals surface area contributed by atoms with E-state index in [1.165, 1.54) is 22.8 Å². The van der Waals surface area contributed by atoms with Crippen LogP contribution in [0.5, 0.6) is 5.75 Å². The number of pyridine rings is 1. The van der Waals surface area contributed by atoms with E-state index >= 15 is 0 Å². The summed E-state index contributed by atoms with van der Waals surface area (Å²) in [6.07, 6.45) is 2.61. The van der Waals surface area contributed by atoms with Gasteiger partial charge in [0.05, 0.1) is 30.7 Å². The summed E-state index contributed by atoms with van der Waals surface area (Å²) in [7, 11) is 1.54. The number of rotatable bonds is 5. The van der Waals surface area contributed by atoms with Gasteiger partial charge in [0.2, 0.25) is 5.43 Å². The van der Waals surface area contributed by atoms with E-state index in [9.17, 15) is 23.5 Å². The predicted molar refractivity (Wildman–Crippen MR) is 111 cm³/mol. The lowest BCUT2D eigenvalue weighted by Gasteiger charge is -2.23. The molecule has 8 heteroatoms. The second-order valence-corrected chi connectivity index (χ2v) is 7.58. The van der Waals surface area contributed by atoms with Crippen molar-refractivity contribution >= 4 is 16.8 Å². The van der Waals surface area contributed by atoms with Crippen LogP contribution < -0.4 is 10.2 Å². The van der Waals surface area contributed by atoms with E-state index < -0.39 is 34.4 Å². The maximum Gasteiger partial charge on any atom is 0.259 e. The van der Waals surface area contributed by atoms with Gasteiger partial charge in [-0.25, -0.2) is 8.78 Å². The molecule has 1 saturated heterocycles. The topological polar surface area (TPSA) is 71.8 Å². The number of aliphatic hydroxyl groups excluding tert-OH is 1. The summed E-state index contributed by atoms with van der Waals surface area (Å²) in [5.41, 5.74) is -0.544. The van der Waals surface area contributed by atoms with E-state index in [0.29, 0.717) is 25.1 Å². The van der Waals surface area contributed by atoms with Crippen LogP contribution in [0.25, 0.3) is 10.9 Å². The van der Waals surface area contributed by atoms with Crippen molar-refractivity contribution in [2.24, 2.45) is 0 Å². The van der Waals surface area contributed by atoms with Crippen LogP contribution in [-0.4, -0.2) is 46.8 Å². The first-order chi connectivity index (χ1) is 14.9. The highest BCUT2D eigenvalue weighted by Crippen LogP contribution is 2.24. The molecule has 3 aromatic rings. The molecule has 0 radical (unpaired) electrons. The number of hydrogen-bond donors (Lipinski definition) is 1. The highest BCUT2D eigenvalue weighted by molar-refractivity contribution is 5.98. The van der Waals surface area contributed by atoms with Crippen LogP contribution in [0.15, 0.2) is 47.4 Å². The Kier molecular flexibility index (Phi) is 5.73. The zero-order valence-corrected chi connectivity index (χ0v) is 17.0. The number of methoxy groups -OCH3 is 1. The van der Waals surface area contributed by atoms with E-state index in [1.54, 1.807) is 24.3 Å². The van der Waals surface area contributed by atoms with Gasteiger partial charge in [0.25, 0.3) is 5.91 Å². The number of fused-ring (bicyclic) bond motifs is 1. The van der Waals surface area contributed by atoms with Gasteiger partial charge in [0.1, 0.15) is 22.9 Å². The quantitative estimate of drug-likeness (QED) is 0.678. The second kappa shape index (κ2) is 8.47. The smallest absolute Gasteiger partial charge is 0.259 e. The standard InChI is InChI=1S/C23H22F2N2O4/c1-31-16-6-4-14(5-7-16)11-26-12-17(23(30)27-10-2-3-15(27)13-28)22(29)20-18(24)8-9-19(25)21(20)26/h4-9,12,15,28H,2-3,10-11,13H2,1H3/t15-/m1/s1. The molecule has 162 valence electrons. The minimum absolute atomic E-state index is 0.116. The number of carbonyl (C=O) groups excluding carboxylic acids is 1. The summed E-state index contributed by atoms with van der Waals surface area (Å²) < 4.78 is 35.9. The van der Waals surface area contributed by atoms with Crippen LogP contribution in [0.2, 0.25) is 0 Å². The van der Waals surface area contributed by atoms with Crippen LogP contribution >= 0.6 is 0 Å². The first kappa shape index (κ1) is 21.0. The molecular formula is C23H22F2N2O4. The Labute approximate surface area is 177 Å². The Morgan fingerprint density at radius 2 is 1.87 bits per heavy atom. The molecule has 4 rings (SSSR count).